The minimum atomic E-state index is -1.58. The van der Waals surface area contributed by atoms with Crippen LogP contribution in [0.2, 0.25) is 4.79 Å². The smallest absolute Gasteiger partial charge is 0.289 e. The first-order chi connectivity index (χ1) is 7.60. The standard InChI is InChI=1S/C7H13O4Si5/c1-3-5-10-15(5)13(8)7(12)14(9)16-6(4-2)11-16/h7-9H,3-4H2,1-2H3. The van der Waals surface area contributed by atoms with E-state index in [1.807, 2.05) is 13.8 Å². The topological polar surface area (TPSA) is 65.5 Å². The molecule has 0 fully saturated rings. The molecule has 0 aromatic rings. The molecule has 2 heterocycles. The molecule has 0 atom stereocenters. The lowest BCUT2D eigenvalue weighted by Gasteiger charge is -2.11. The zero-order valence-corrected chi connectivity index (χ0v) is 14.2. The van der Waals surface area contributed by atoms with E-state index in [1.165, 1.54) is 0 Å². The molecule has 0 saturated carbocycles. The molecule has 0 spiro atoms. The first kappa shape index (κ1) is 12.8. The Balaban J connectivity index is 1.95. The van der Waals surface area contributed by atoms with Crippen LogP contribution in [-0.4, -0.2) is 64.0 Å². The number of rotatable bonds is 6. The van der Waals surface area contributed by atoms with E-state index >= 15 is 0 Å². The van der Waals surface area contributed by atoms with E-state index in [1.54, 1.807) is 0 Å². The molecule has 0 aromatic heterocycles. The molecule has 0 aromatic carbocycles. The Labute approximate surface area is 104 Å². The minimum Gasteiger partial charge on any atom is -0.519 e. The van der Waals surface area contributed by atoms with Gasteiger partial charge in [0.15, 0.2) is 0 Å². The fourth-order valence-corrected chi connectivity index (χ4v) is 20.2. The quantitative estimate of drug-likeness (QED) is 0.582. The third kappa shape index (κ3) is 2.44. The number of hydrogen-bond acceptors (Lipinski definition) is 4. The second-order valence-corrected chi connectivity index (χ2v) is 17.3. The van der Waals surface area contributed by atoms with Gasteiger partial charge in [0.05, 0.1) is 10.7 Å². The largest absolute Gasteiger partial charge is 0.519 e. The van der Waals surface area contributed by atoms with Gasteiger partial charge in [-0.25, -0.2) is 0 Å². The van der Waals surface area contributed by atoms with Crippen molar-refractivity contribution < 1.29 is 18.4 Å². The van der Waals surface area contributed by atoms with E-state index in [4.69, 9.17) is 8.85 Å². The Morgan fingerprint density at radius 2 is 1.50 bits per heavy atom. The molecule has 9 heteroatoms. The Morgan fingerprint density at radius 1 is 1.12 bits per heavy atom. The van der Waals surface area contributed by atoms with Gasteiger partial charge in [-0.3, -0.25) is 0 Å². The average Bonchev–Trinajstić information content (AvgIpc) is 3.17. The highest BCUT2D eigenvalue weighted by atomic mass is 29.2. The first-order valence-corrected chi connectivity index (χ1v) is 13.7. The van der Waals surface area contributed by atoms with Gasteiger partial charge in [-0.1, -0.05) is 13.8 Å². The van der Waals surface area contributed by atoms with Crippen molar-refractivity contribution in [3.05, 3.63) is 0 Å². The first-order valence-electron chi connectivity index (χ1n) is 5.25. The highest BCUT2D eigenvalue weighted by Gasteiger charge is 2.47. The van der Waals surface area contributed by atoms with Crippen LogP contribution < -0.4 is 0 Å². The normalized spacial score (nSPS) is 18.5. The molecule has 0 amide bonds. The van der Waals surface area contributed by atoms with E-state index in [9.17, 15) is 9.59 Å². The van der Waals surface area contributed by atoms with E-state index < -0.39 is 33.5 Å². The molecule has 0 bridgehead atoms. The third-order valence-corrected chi connectivity index (χ3v) is 20.6. The van der Waals surface area contributed by atoms with Crippen molar-refractivity contribution >= 4 is 54.4 Å². The lowest BCUT2D eigenvalue weighted by molar-refractivity contribution is 0.559. The Hall–Kier alpha value is 0.344. The van der Waals surface area contributed by atoms with Crippen LogP contribution in [0.4, 0.5) is 0 Å². The summed E-state index contributed by atoms with van der Waals surface area (Å²) < 4.78 is 10.8. The van der Waals surface area contributed by atoms with E-state index in [0.717, 1.165) is 23.6 Å². The van der Waals surface area contributed by atoms with Gasteiger partial charge in [-0.05, 0) is 17.6 Å². The van der Waals surface area contributed by atoms with E-state index in [2.05, 4.69) is 10.2 Å². The van der Waals surface area contributed by atoms with Gasteiger partial charge in [0, 0.05) is 10.2 Å². The minimum absolute atomic E-state index is 0.133. The molecule has 0 aliphatic carbocycles. The molecular weight excluding hydrogens is 289 g/mol. The van der Waals surface area contributed by atoms with Crippen LogP contribution in [0.1, 0.15) is 26.7 Å². The fraction of sp³-hybridized carbons (Fsp3) is 0.714. The van der Waals surface area contributed by atoms with Crippen molar-refractivity contribution in [2.24, 2.45) is 0 Å². The predicted molar refractivity (Wildman–Crippen MR) is 69.7 cm³/mol. The van der Waals surface area contributed by atoms with Crippen LogP contribution in [0.15, 0.2) is 0 Å². The van der Waals surface area contributed by atoms with Crippen LogP contribution >= 0.6 is 0 Å². The summed E-state index contributed by atoms with van der Waals surface area (Å²) in [5.41, 5.74) is 0. The van der Waals surface area contributed by atoms with Crippen LogP contribution in [0.5, 0.6) is 0 Å². The van der Waals surface area contributed by atoms with Gasteiger partial charge in [0.1, 0.15) is 0 Å². The maximum atomic E-state index is 10.1. The molecule has 16 heavy (non-hydrogen) atoms. The summed E-state index contributed by atoms with van der Waals surface area (Å²) in [6.07, 6.45) is 1.80. The molecule has 0 unspecified atom stereocenters. The maximum Gasteiger partial charge on any atom is 0.289 e. The maximum absolute atomic E-state index is 10.1. The average molecular weight is 302 g/mol. The molecule has 4 nitrogen and oxygen atoms in total. The van der Waals surface area contributed by atoms with Crippen molar-refractivity contribution in [1.82, 2.24) is 0 Å². The summed E-state index contributed by atoms with van der Waals surface area (Å²) in [5, 5.41) is 2.15. The van der Waals surface area contributed by atoms with Crippen LogP contribution in [0.3, 0.4) is 0 Å². The molecule has 2 aliphatic rings. The van der Waals surface area contributed by atoms with Crippen LogP contribution in [-0.2, 0) is 8.85 Å². The van der Waals surface area contributed by atoms with Gasteiger partial charge in [-0.15, -0.1) is 0 Å². The van der Waals surface area contributed by atoms with Gasteiger partial charge in [0.25, 0.3) is 33.5 Å². The zero-order chi connectivity index (χ0) is 11.9. The summed E-state index contributed by atoms with van der Waals surface area (Å²) in [7, 11) is -1.82. The zero-order valence-electron chi connectivity index (χ0n) is 9.20. The third-order valence-electron chi connectivity index (χ3n) is 2.53. The molecule has 0 saturated heterocycles. The summed E-state index contributed by atoms with van der Waals surface area (Å²) in [5.74, 6) is 0. The van der Waals surface area contributed by atoms with Crippen molar-refractivity contribution in [3.63, 3.8) is 0 Å². The molecule has 5 radical (unpaired) electrons. The lowest BCUT2D eigenvalue weighted by Crippen LogP contribution is -2.42. The SMILES string of the molecule is CCC1=[Si]([Si](O)C([Si])[Si](O)[Si]2=C(CC)O2)O1. The molecule has 2 rings (SSSR count). The highest BCUT2D eigenvalue weighted by Crippen LogP contribution is 2.19. The van der Waals surface area contributed by atoms with Crippen molar-refractivity contribution in [1.29, 1.82) is 0 Å². The van der Waals surface area contributed by atoms with Crippen molar-refractivity contribution in [2.45, 2.75) is 31.5 Å². The molecule has 85 valence electrons. The van der Waals surface area contributed by atoms with Crippen LogP contribution in [0, 0.1) is 0 Å². The summed E-state index contributed by atoms with van der Waals surface area (Å²) >= 11 is 0. The highest BCUT2D eigenvalue weighted by molar-refractivity contribution is 7.36. The van der Waals surface area contributed by atoms with Gasteiger partial charge >= 0.3 is 0 Å². The lowest BCUT2D eigenvalue weighted by atomic mass is 10.5. The predicted octanol–water partition coefficient (Wildman–Crippen LogP) is -1.57. The second-order valence-electron chi connectivity index (χ2n) is 3.62. The van der Waals surface area contributed by atoms with Gasteiger partial charge in [0.2, 0.25) is 0 Å². The van der Waals surface area contributed by atoms with Gasteiger partial charge < -0.3 is 18.4 Å². The monoisotopic (exact) mass is 301 g/mol. The molecular formula is C7H13O4Si5. The van der Waals surface area contributed by atoms with E-state index in [-0.39, 0.29) is 4.79 Å². The molecule has 2 aliphatic heterocycles. The van der Waals surface area contributed by atoms with E-state index in [0.29, 0.717) is 0 Å². The van der Waals surface area contributed by atoms with Crippen LogP contribution in [0.25, 0.3) is 0 Å². The van der Waals surface area contributed by atoms with Gasteiger partial charge in [-0.2, -0.15) is 0 Å². The Morgan fingerprint density at radius 3 is 1.75 bits per heavy atom. The van der Waals surface area contributed by atoms with Crippen molar-refractivity contribution in [3.8, 4) is 0 Å². The molecule has 2 N–H and O–H groups in total. The Kier molecular flexibility index (Phi) is 3.93. The fourth-order valence-electron chi connectivity index (χ4n) is 1.44. The second kappa shape index (κ2) is 4.92. The summed E-state index contributed by atoms with van der Waals surface area (Å²) in [4.78, 5) is 20.1. The number of hydrogen-bond donors (Lipinski definition) is 2. The summed E-state index contributed by atoms with van der Waals surface area (Å²) in [6.45, 7) is 4.07. The Bertz CT molecular complexity index is 334. The summed E-state index contributed by atoms with van der Waals surface area (Å²) in [6, 6.07) is 0. The van der Waals surface area contributed by atoms with Crippen molar-refractivity contribution in [2.75, 3.05) is 0 Å².